The van der Waals surface area contributed by atoms with Crippen molar-refractivity contribution in [2.75, 3.05) is 7.11 Å². The van der Waals surface area contributed by atoms with Gasteiger partial charge in [-0.1, -0.05) is 23.7 Å². The maximum Gasteiger partial charge on any atom is 0.238 e. The second-order valence-electron chi connectivity index (χ2n) is 7.82. The number of ether oxygens (including phenoxy) is 1. The minimum atomic E-state index is 0.202. The van der Waals surface area contributed by atoms with Gasteiger partial charge in [0.15, 0.2) is 5.82 Å². The number of fused-ring (bicyclic) bond motifs is 1. The van der Waals surface area contributed by atoms with E-state index in [1.54, 1.807) is 13.4 Å². The van der Waals surface area contributed by atoms with Gasteiger partial charge in [0.05, 0.1) is 24.8 Å². The first kappa shape index (κ1) is 20.5. The third-order valence-electron chi connectivity index (χ3n) is 5.59. The van der Waals surface area contributed by atoms with Gasteiger partial charge in [0.25, 0.3) is 0 Å². The van der Waals surface area contributed by atoms with Gasteiger partial charge in [0.2, 0.25) is 5.88 Å². The van der Waals surface area contributed by atoms with Gasteiger partial charge in [0, 0.05) is 23.7 Å². The number of aryl methyl sites for hydroxylation is 2. The smallest absolute Gasteiger partial charge is 0.238 e. The molecule has 5 rings (SSSR count). The van der Waals surface area contributed by atoms with Gasteiger partial charge in [-0.15, -0.1) is 0 Å². The molecule has 32 heavy (non-hydrogen) atoms. The fourth-order valence-corrected chi connectivity index (χ4v) is 4.28. The molecule has 4 aromatic rings. The molecule has 0 N–H and O–H groups in total. The summed E-state index contributed by atoms with van der Waals surface area (Å²) < 4.78 is 9.41. The molecule has 162 valence electrons. The second kappa shape index (κ2) is 8.59. The zero-order valence-electron chi connectivity index (χ0n) is 17.9. The lowest BCUT2D eigenvalue weighted by Crippen LogP contribution is -2.17. The predicted octanol–water partition coefficient (Wildman–Crippen LogP) is 4.93. The van der Waals surface area contributed by atoms with Crippen LogP contribution in [0.1, 0.15) is 47.4 Å². The number of hydrogen-bond donors (Lipinski definition) is 0. The molecule has 0 amide bonds. The molecular formula is C24H23ClN6O. The van der Waals surface area contributed by atoms with Crippen molar-refractivity contribution in [1.82, 2.24) is 29.3 Å². The Morgan fingerprint density at radius 3 is 2.84 bits per heavy atom. The number of halogens is 1. The van der Waals surface area contributed by atoms with Crippen molar-refractivity contribution in [3.8, 4) is 11.6 Å². The monoisotopic (exact) mass is 446 g/mol. The van der Waals surface area contributed by atoms with E-state index in [4.69, 9.17) is 21.3 Å². The van der Waals surface area contributed by atoms with E-state index in [1.165, 1.54) is 5.56 Å². The lowest BCUT2D eigenvalue weighted by molar-refractivity contribution is 0.395. The Bertz CT molecular complexity index is 1290. The molecule has 0 aliphatic carbocycles. The van der Waals surface area contributed by atoms with Crippen LogP contribution in [0.25, 0.3) is 17.8 Å². The first-order chi connectivity index (χ1) is 15.6. The third kappa shape index (κ3) is 4.03. The van der Waals surface area contributed by atoms with Gasteiger partial charge in [-0.2, -0.15) is 5.10 Å². The lowest BCUT2D eigenvalue weighted by Gasteiger charge is -2.22. The van der Waals surface area contributed by atoms with Crippen molar-refractivity contribution in [2.45, 2.75) is 32.2 Å². The van der Waals surface area contributed by atoms with Crippen LogP contribution in [0, 0.1) is 6.92 Å². The average molecular weight is 447 g/mol. The number of imidazole rings is 1. The van der Waals surface area contributed by atoms with Gasteiger partial charge < -0.3 is 9.30 Å². The van der Waals surface area contributed by atoms with E-state index in [9.17, 15) is 0 Å². The second-order valence-corrected chi connectivity index (χ2v) is 8.26. The summed E-state index contributed by atoms with van der Waals surface area (Å²) in [5, 5.41) is 5.43. The standard InChI is InChI=1S/C24H23ClN6O/c1-16-14-30(15-26-16)21-10-8-19(27-24(21)32-2)9-11-22-28-23-20(7-4-12-31(23)29-22)17-5-3-6-18(25)13-17/h3,5-6,8-11,13-15,20H,4,7,12H2,1-2H3/t20-/m1/s1. The molecule has 0 spiro atoms. The maximum absolute atomic E-state index is 6.21. The zero-order chi connectivity index (χ0) is 22.1. The predicted molar refractivity (Wildman–Crippen MR) is 124 cm³/mol. The molecule has 0 fully saturated rings. The number of methoxy groups -OCH3 is 1. The number of aromatic nitrogens is 6. The zero-order valence-corrected chi connectivity index (χ0v) is 18.7. The topological polar surface area (TPSA) is 70.7 Å². The normalized spacial score (nSPS) is 15.8. The summed E-state index contributed by atoms with van der Waals surface area (Å²) in [5.74, 6) is 2.38. The molecule has 8 heteroatoms. The summed E-state index contributed by atoms with van der Waals surface area (Å²) in [6.07, 6.45) is 9.58. The molecule has 1 aliphatic rings. The van der Waals surface area contributed by atoms with E-state index in [1.807, 2.05) is 64.9 Å². The van der Waals surface area contributed by atoms with E-state index in [0.717, 1.165) is 47.3 Å². The fraction of sp³-hybridized carbons (Fsp3) is 0.250. The minimum Gasteiger partial charge on any atom is -0.479 e. The Morgan fingerprint density at radius 1 is 1.16 bits per heavy atom. The summed E-state index contributed by atoms with van der Waals surface area (Å²) in [6.45, 7) is 2.82. The summed E-state index contributed by atoms with van der Waals surface area (Å²) >= 11 is 6.21. The van der Waals surface area contributed by atoms with Crippen molar-refractivity contribution in [3.63, 3.8) is 0 Å². The van der Waals surface area contributed by atoms with Gasteiger partial charge in [-0.3, -0.25) is 0 Å². The molecule has 1 atom stereocenters. The first-order valence-electron chi connectivity index (χ1n) is 10.5. The minimum absolute atomic E-state index is 0.202. The van der Waals surface area contributed by atoms with Gasteiger partial charge in [-0.05, 0) is 61.7 Å². The van der Waals surface area contributed by atoms with Gasteiger partial charge in [-0.25, -0.2) is 19.6 Å². The summed E-state index contributed by atoms with van der Waals surface area (Å²) in [7, 11) is 1.62. The van der Waals surface area contributed by atoms with Crippen molar-refractivity contribution < 1.29 is 4.74 Å². The quantitative estimate of drug-likeness (QED) is 0.435. The summed E-state index contributed by atoms with van der Waals surface area (Å²) in [5.41, 5.74) is 3.71. The van der Waals surface area contributed by atoms with Crippen LogP contribution in [-0.2, 0) is 6.54 Å². The Labute approximate surface area is 191 Å². The van der Waals surface area contributed by atoms with Gasteiger partial charge >= 0.3 is 0 Å². The average Bonchev–Trinajstić information content (AvgIpc) is 3.43. The molecule has 0 saturated carbocycles. The van der Waals surface area contributed by atoms with E-state index in [0.29, 0.717) is 11.7 Å². The SMILES string of the molecule is COc1nc(C=Cc2nc3n(n2)CCC[C@@H]3c2cccc(Cl)c2)ccc1-n1cnc(C)c1. The van der Waals surface area contributed by atoms with Crippen molar-refractivity contribution >= 4 is 23.8 Å². The Kier molecular flexibility index (Phi) is 5.49. The van der Waals surface area contributed by atoms with Crippen LogP contribution in [0.5, 0.6) is 5.88 Å². The fourth-order valence-electron chi connectivity index (χ4n) is 4.08. The highest BCUT2D eigenvalue weighted by molar-refractivity contribution is 6.30. The Balaban J connectivity index is 1.41. The van der Waals surface area contributed by atoms with E-state index in [2.05, 4.69) is 21.1 Å². The molecule has 4 heterocycles. The molecule has 3 aromatic heterocycles. The van der Waals surface area contributed by atoms with E-state index >= 15 is 0 Å². The van der Waals surface area contributed by atoms with Crippen LogP contribution < -0.4 is 4.74 Å². The molecule has 0 unspecified atom stereocenters. The molecule has 0 bridgehead atoms. The summed E-state index contributed by atoms with van der Waals surface area (Å²) in [6, 6.07) is 11.9. The van der Waals surface area contributed by atoms with E-state index in [-0.39, 0.29) is 5.92 Å². The van der Waals surface area contributed by atoms with Crippen LogP contribution >= 0.6 is 11.6 Å². The number of hydrogen-bond acceptors (Lipinski definition) is 5. The van der Waals surface area contributed by atoms with Crippen molar-refractivity contribution in [2.24, 2.45) is 0 Å². The number of benzene rings is 1. The number of nitrogens with zero attached hydrogens (tertiary/aromatic N) is 6. The Morgan fingerprint density at radius 2 is 2.06 bits per heavy atom. The third-order valence-corrected chi connectivity index (χ3v) is 5.83. The summed E-state index contributed by atoms with van der Waals surface area (Å²) in [4.78, 5) is 13.7. The molecule has 1 aliphatic heterocycles. The highest BCUT2D eigenvalue weighted by Crippen LogP contribution is 2.33. The molecular weight excluding hydrogens is 424 g/mol. The molecule has 1 aromatic carbocycles. The van der Waals surface area contributed by atoms with Crippen LogP contribution in [0.15, 0.2) is 48.9 Å². The largest absolute Gasteiger partial charge is 0.479 e. The van der Waals surface area contributed by atoms with Crippen molar-refractivity contribution in [1.29, 1.82) is 0 Å². The number of rotatable bonds is 5. The highest BCUT2D eigenvalue weighted by atomic mass is 35.5. The maximum atomic E-state index is 6.21. The van der Waals surface area contributed by atoms with Crippen LogP contribution in [0.2, 0.25) is 5.02 Å². The number of pyridine rings is 1. The molecule has 0 saturated heterocycles. The van der Waals surface area contributed by atoms with Gasteiger partial charge in [0.1, 0.15) is 11.5 Å². The molecule has 0 radical (unpaired) electrons. The highest BCUT2D eigenvalue weighted by Gasteiger charge is 2.25. The van der Waals surface area contributed by atoms with E-state index < -0.39 is 0 Å². The Hall–Kier alpha value is -3.45. The molecule has 7 nitrogen and oxygen atoms in total. The van der Waals surface area contributed by atoms with Crippen molar-refractivity contribution in [3.05, 3.63) is 82.5 Å². The first-order valence-corrected chi connectivity index (χ1v) is 10.9. The van der Waals surface area contributed by atoms with Crippen LogP contribution in [0.4, 0.5) is 0 Å². The van der Waals surface area contributed by atoms with Crippen LogP contribution in [-0.4, -0.2) is 36.4 Å². The van der Waals surface area contributed by atoms with Crippen LogP contribution in [0.3, 0.4) is 0 Å². The lowest BCUT2D eigenvalue weighted by atomic mass is 9.91.